The SMILES string of the molecule is COC(=O)c1ccc(C[C@@H]2COc3ccc(O)cc3[C@@H]2O)s1. The summed E-state index contributed by atoms with van der Waals surface area (Å²) in [5.74, 6) is 0.222. The number of phenols is 1. The maximum absolute atomic E-state index is 11.5. The van der Waals surface area contributed by atoms with Crippen LogP contribution in [0.5, 0.6) is 11.5 Å². The highest BCUT2D eigenvalue weighted by molar-refractivity contribution is 7.13. The first kappa shape index (κ1) is 14.9. The van der Waals surface area contributed by atoms with Gasteiger partial charge in [0.1, 0.15) is 16.4 Å². The second kappa shape index (κ2) is 5.98. The average molecular weight is 320 g/mol. The van der Waals surface area contributed by atoms with Crippen LogP contribution in [0.2, 0.25) is 0 Å². The predicted octanol–water partition coefficient (Wildman–Crippen LogP) is 2.53. The maximum atomic E-state index is 11.5. The first-order valence-corrected chi connectivity index (χ1v) is 7.71. The molecule has 2 heterocycles. The van der Waals surface area contributed by atoms with Crippen LogP contribution < -0.4 is 4.74 Å². The molecule has 2 N–H and O–H groups in total. The summed E-state index contributed by atoms with van der Waals surface area (Å²) in [5, 5.41) is 20.0. The molecule has 0 fully saturated rings. The first-order chi connectivity index (χ1) is 10.6. The van der Waals surface area contributed by atoms with Gasteiger partial charge < -0.3 is 19.7 Å². The van der Waals surface area contributed by atoms with Crippen LogP contribution in [0.25, 0.3) is 0 Å². The van der Waals surface area contributed by atoms with Crippen LogP contribution in [0.1, 0.15) is 26.2 Å². The number of fused-ring (bicyclic) bond motifs is 1. The number of carbonyl (C=O) groups is 1. The second-order valence-corrected chi connectivity index (χ2v) is 6.37. The fourth-order valence-electron chi connectivity index (χ4n) is 2.57. The first-order valence-electron chi connectivity index (χ1n) is 6.89. The van der Waals surface area contributed by atoms with Gasteiger partial charge in [0.05, 0.1) is 19.8 Å². The van der Waals surface area contributed by atoms with Crippen molar-refractivity contribution in [1.29, 1.82) is 0 Å². The second-order valence-electron chi connectivity index (χ2n) is 5.20. The third kappa shape index (κ3) is 2.80. The molecule has 0 amide bonds. The molecule has 0 unspecified atom stereocenters. The largest absolute Gasteiger partial charge is 0.508 e. The average Bonchev–Trinajstić information content (AvgIpc) is 2.98. The Bertz CT molecular complexity index is 694. The summed E-state index contributed by atoms with van der Waals surface area (Å²) in [5.41, 5.74) is 0.598. The van der Waals surface area contributed by atoms with Gasteiger partial charge >= 0.3 is 5.97 Å². The summed E-state index contributed by atoms with van der Waals surface area (Å²) in [7, 11) is 1.35. The Kier molecular flexibility index (Phi) is 4.04. The van der Waals surface area contributed by atoms with Crippen molar-refractivity contribution in [2.24, 2.45) is 5.92 Å². The standard InChI is InChI=1S/C16H16O5S/c1-20-16(19)14-5-3-11(22-14)6-9-8-21-13-4-2-10(17)7-12(13)15(9)18/h2-5,7,9,15,17-18H,6,8H2,1H3/t9-,15-/m1/s1. The summed E-state index contributed by atoms with van der Waals surface area (Å²) in [4.78, 5) is 13.0. The molecular weight excluding hydrogens is 304 g/mol. The van der Waals surface area contributed by atoms with E-state index in [2.05, 4.69) is 4.74 Å². The monoisotopic (exact) mass is 320 g/mol. The van der Waals surface area contributed by atoms with Crippen LogP contribution in [0.3, 0.4) is 0 Å². The number of aliphatic hydroxyl groups is 1. The molecule has 0 bridgehead atoms. The summed E-state index contributed by atoms with van der Waals surface area (Å²) >= 11 is 1.36. The lowest BCUT2D eigenvalue weighted by molar-refractivity contribution is 0.0509. The van der Waals surface area contributed by atoms with E-state index in [1.54, 1.807) is 12.1 Å². The van der Waals surface area contributed by atoms with Gasteiger partial charge in [-0.2, -0.15) is 0 Å². The Morgan fingerprint density at radius 2 is 2.23 bits per heavy atom. The zero-order valence-electron chi connectivity index (χ0n) is 12.0. The van der Waals surface area contributed by atoms with Crippen LogP contribution in [-0.4, -0.2) is 29.9 Å². The molecule has 0 saturated heterocycles. The fourth-order valence-corrected chi connectivity index (χ4v) is 3.59. The highest BCUT2D eigenvalue weighted by Gasteiger charge is 2.30. The van der Waals surface area contributed by atoms with E-state index in [-0.39, 0.29) is 17.6 Å². The smallest absolute Gasteiger partial charge is 0.348 e. The van der Waals surface area contributed by atoms with Crippen molar-refractivity contribution in [1.82, 2.24) is 0 Å². The van der Waals surface area contributed by atoms with Crippen molar-refractivity contribution in [2.75, 3.05) is 13.7 Å². The number of rotatable bonds is 3. The Balaban J connectivity index is 1.76. The van der Waals surface area contributed by atoms with Gasteiger partial charge in [-0.1, -0.05) is 0 Å². The molecule has 2 aromatic rings. The van der Waals surface area contributed by atoms with Gasteiger partial charge in [0, 0.05) is 16.4 Å². The molecule has 22 heavy (non-hydrogen) atoms. The number of carbonyl (C=O) groups excluding carboxylic acids is 1. The fraction of sp³-hybridized carbons (Fsp3) is 0.312. The molecule has 2 atom stereocenters. The number of ether oxygens (including phenoxy) is 2. The minimum atomic E-state index is -0.709. The van der Waals surface area contributed by atoms with Crippen molar-refractivity contribution in [3.05, 3.63) is 45.6 Å². The van der Waals surface area contributed by atoms with E-state index in [0.29, 0.717) is 29.2 Å². The van der Waals surface area contributed by atoms with E-state index in [4.69, 9.17) is 4.74 Å². The quantitative estimate of drug-likeness (QED) is 0.850. The minimum absolute atomic E-state index is 0.103. The van der Waals surface area contributed by atoms with Crippen LogP contribution in [-0.2, 0) is 11.2 Å². The van der Waals surface area contributed by atoms with Crippen molar-refractivity contribution in [2.45, 2.75) is 12.5 Å². The maximum Gasteiger partial charge on any atom is 0.348 e. The third-order valence-corrected chi connectivity index (χ3v) is 4.81. The number of hydrogen-bond donors (Lipinski definition) is 2. The van der Waals surface area contributed by atoms with E-state index >= 15 is 0 Å². The molecule has 1 aromatic carbocycles. The molecule has 3 rings (SSSR count). The summed E-state index contributed by atoms with van der Waals surface area (Å²) in [6.45, 7) is 0.393. The molecule has 1 aliphatic heterocycles. The van der Waals surface area contributed by atoms with Gasteiger partial charge in [-0.3, -0.25) is 0 Å². The number of phenolic OH excluding ortho intramolecular Hbond substituents is 1. The Hall–Kier alpha value is -2.05. The zero-order valence-corrected chi connectivity index (χ0v) is 12.8. The number of hydrogen-bond acceptors (Lipinski definition) is 6. The number of methoxy groups -OCH3 is 1. The van der Waals surface area contributed by atoms with Gasteiger partial charge in [-0.25, -0.2) is 4.79 Å². The summed E-state index contributed by atoms with van der Waals surface area (Å²) < 4.78 is 10.3. The van der Waals surface area contributed by atoms with Gasteiger partial charge in [0.15, 0.2) is 0 Å². The number of thiophene rings is 1. The number of benzene rings is 1. The predicted molar refractivity (Wildman–Crippen MR) is 81.4 cm³/mol. The van der Waals surface area contributed by atoms with E-state index in [1.165, 1.54) is 30.6 Å². The Labute approximate surface area is 131 Å². The lowest BCUT2D eigenvalue weighted by Crippen LogP contribution is -2.27. The van der Waals surface area contributed by atoms with E-state index in [0.717, 1.165) is 4.88 Å². The number of esters is 1. The highest BCUT2D eigenvalue weighted by atomic mass is 32.1. The lowest BCUT2D eigenvalue weighted by atomic mass is 9.90. The van der Waals surface area contributed by atoms with Crippen molar-refractivity contribution >= 4 is 17.3 Å². The number of aromatic hydroxyl groups is 1. The molecule has 1 aliphatic rings. The zero-order chi connectivity index (χ0) is 15.7. The summed E-state index contributed by atoms with van der Waals surface area (Å²) in [6.07, 6.45) is -0.114. The topological polar surface area (TPSA) is 76.0 Å². The van der Waals surface area contributed by atoms with Gasteiger partial charge in [0.2, 0.25) is 0 Å². The Morgan fingerprint density at radius 1 is 1.41 bits per heavy atom. The van der Waals surface area contributed by atoms with Gasteiger partial charge in [-0.05, 0) is 36.8 Å². The molecule has 5 nitrogen and oxygen atoms in total. The number of aliphatic hydroxyl groups excluding tert-OH is 1. The van der Waals surface area contributed by atoms with E-state index in [9.17, 15) is 15.0 Å². The molecule has 0 spiro atoms. The van der Waals surface area contributed by atoms with E-state index in [1.807, 2.05) is 6.07 Å². The molecule has 0 aliphatic carbocycles. The van der Waals surface area contributed by atoms with Crippen LogP contribution >= 0.6 is 11.3 Å². The minimum Gasteiger partial charge on any atom is -0.508 e. The van der Waals surface area contributed by atoms with Crippen molar-refractivity contribution in [3.8, 4) is 11.5 Å². The molecule has 116 valence electrons. The molecule has 1 aromatic heterocycles. The van der Waals surface area contributed by atoms with Crippen LogP contribution in [0.4, 0.5) is 0 Å². The van der Waals surface area contributed by atoms with Crippen LogP contribution in [0, 0.1) is 5.92 Å². The molecule has 6 heteroatoms. The molecule has 0 saturated carbocycles. The van der Waals surface area contributed by atoms with Gasteiger partial charge in [0.25, 0.3) is 0 Å². The third-order valence-electron chi connectivity index (χ3n) is 3.72. The molecule has 0 radical (unpaired) electrons. The summed E-state index contributed by atoms with van der Waals surface area (Å²) in [6, 6.07) is 8.31. The lowest BCUT2D eigenvalue weighted by Gasteiger charge is -2.30. The van der Waals surface area contributed by atoms with Crippen molar-refractivity contribution < 1.29 is 24.5 Å². The van der Waals surface area contributed by atoms with E-state index < -0.39 is 6.10 Å². The van der Waals surface area contributed by atoms with Crippen LogP contribution in [0.15, 0.2) is 30.3 Å². The molecular formula is C16H16O5S. The normalized spacial score (nSPS) is 20.1. The Morgan fingerprint density at radius 3 is 3.00 bits per heavy atom. The van der Waals surface area contributed by atoms with Gasteiger partial charge in [-0.15, -0.1) is 11.3 Å². The van der Waals surface area contributed by atoms with Crippen molar-refractivity contribution in [3.63, 3.8) is 0 Å². The highest BCUT2D eigenvalue weighted by Crippen LogP contribution is 2.39.